The molecule has 4 N–H and O–H groups in total. The number of amides is 1. The van der Waals surface area contributed by atoms with Gasteiger partial charge < -0.3 is 25.8 Å². The fraction of sp³-hybridized carbons (Fsp3) is 0.440. The largest absolute Gasteiger partial charge is 0.494 e. The smallest absolute Gasteiger partial charge is 0.255 e. The maximum absolute atomic E-state index is 15.0. The van der Waals surface area contributed by atoms with Crippen LogP contribution in [0.15, 0.2) is 12.3 Å². The van der Waals surface area contributed by atoms with Crippen molar-refractivity contribution in [1.29, 1.82) is 0 Å². The second-order valence-corrected chi connectivity index (χ2v) is 9.36. The first-order valence-corrected chi connectivity index (χ1v) is 12.1. The summed E-state index contributed by atoms with van der Waals surface area (Å²) in [6.45, 7) is 1.86. The minimum Gasteiger partial charge on any atom is -0.494 e. The SMILES string of the molecule is COc1cc(OC)c(F)c(CC(=O)c2nn(C3CCNC3)c3c(C(=O)NCC4CC4)cnc(N)c23)c1F. The standard InChI is InChI=1S/C25H28F2N6O4/c1-36-17-8-18(37-2)21(27)14(20(17)26)7-16(34)22-19-23(33(32-22)13-5-6-29-10-13)15(11-30-24(19)28)25(35)31-9-12-3-4-12/h8,11-13,29H,3-7,9-10H2,1-2H3,(H2,28,30)(H,31,35). The highest BCUT2D eigenvalue weighted by molar-refractivity contribution is 6.15. The van der Waals surface area contributed by atoms with Crippen LogP contribution in [-0.4, -0.2) is 60.3 Å². The Hall–Kier alpha value is -3.80. The van der Waals surface area contributed by atoms with E-state index in [1.54, 1.807) is 4.68 Å². The lowest BCUT2D eigenvalue weighted by atomic mass is 10.0. The Morgan fingerprint density at radius 2 is 1.89 bits per heavy atom. The number of fused-ring (bicyclic) bond motifs is 1. The van der Waals surface area contributed by atoms with Gasteiger partial charge in [0.2, 0.25) is 0 Å². The minimum absolute atomic E-state index is 0.00142. The Morgan fingerprint density at radius 1 is 1.19 bits per heavy atom. The Balaban J connectivity index is 1.61. The number of hydrogen-bond acceptors (Lipinski definition) is 8. The molecule has 1 atom stereocenters. The number of pyridine rings is 1. The number of aromatic nitrogens is 3. The number of methoxy groups -OCH3 is 2. The third-order valence-electron chi connectivity index (χ3n) is 6.89. The van der Waals surface area contributed by atoms with Gasteiger partial charge in [0.1, 0.15) is 11.5 Å². The lowest BCUT2D eigenvalue weighted by Crippen LogP contribution is -2.27. The van der Waals surface area contributed by atoms with E-state index in [1.165, 1.54) is 20.4 Å². The van der Waals surface area contributed by atoms with Crippen molar-refractivity contribution >= 4 is 28.4 Å². The van der Waals surface area contributed by atoms with Crippen LogP contribution < -0.4 is 25.8 Å². The second kappa shape index (κ2) is 9.92. The van der Waals surface area contributed by atoms with Gasteiger partial charge in [0.05, 0.1) is 36.7 Å². The van der Waals surface area contributed by atoms with Gasteiger partial charge in [-0.15, -0.1) is 0 Å². The molecule has 1 amide bonds. The molecule has 3 aromatic rings. The molecule has 12 heteroatoms. The summed E-state index contributed by atoms with van der Waals surface area (Å²) in [5, 5.41) is 10.9. The highest BCUT2D eigenvalue weighted by Gasteiger charge is 2.31. The lowest BCUT2D eigenvalue weighted by Gasteiger charge is -2.13. The predicted molar refractivity (Wildman–Crippen MR) is 131 cm³/mol. The molecule has 1 saturated heterocycles. The number of nitrogen functional groups attached to an aromatic ring is 1. The first-order valence-electron chi connectivity index (χ1n) is 12.1. The first-order chi connectivity index (χ1) is 17.8. The maximum Gasteiger partial charge on any atom is 0.255 e. The number of anilines is 1. The van der Waals surface area contributed by atoms with Gasteiger partial charge in [-0.25, -0.2) is 13.8 Å². The number of nitrogens with two attached hydrogens (primary N) is 1. The molecule has 1 aromatic carbocycles. The normalized spacial score (nSPS) is 17.2. The van der Waals surface area contributed by atoms with Crippen molar-refractivity contribution in [3.8, 4) is 11.5 Å². The zero-order chi connectivity index (χ0) is 26.3. The number of ketones is 1. The molecule has 1 aliphatic heterocycles. The van der Waals surface area contributed by atoms with E-state index in [1.807, 2.05) is 0 Å². The molecule has 37 heavy (non-hydrogen) atoms. The Morgan fingerprint density at radius 3 is 2.49 bits per heavy atom. The molecule has 3 heterocycles. The van der Waals surface area contributed by atoms with E-state index in [0.717, 1.165) is 25.5 Å². The van der Waals surface area contributed by atoms with Gasteiger partial charge in [-0.1, -0.05) is 0 Å². The maximum atomic E-state index is 15.0. The molecule has 1 saturated carbocycles. The number of nitrogens with one attached hydrogen (secondary N) is 2. The number of hydrogen-bond donors (Lipinski definition) is 3. The van der Waals surface area contributed by atoms with E-state index in [9.17, 15) is 18.4 Å². The number of carbonyl (C=O) groups is 2. The van der Waals surface area contributed by atoms with Crippen molar-refractivity contribution in [1.82, 2.24) is 25.4 Å². The van der Waals surface area contributed by atoms with Crippen molar-refractivity contribution in [2.75, 3.05) is 39.6 Å². The van der Waals surface area contributed by atoms with E-state index >= 15 is 0 Å². The van der Waals surface area contributed by atoms with E-state index in [-0.39, 0.29) is 45.9 Å². The summed E-state index contributed by atoms with van der Waals surface area (Å²) in [5.74, 6) is -3.11. The van der Waals surface area contributed by atoms with Gasteiger partial charge in [0, 0.05) is 37.3 Å². The topological polar surface area (TPSA) is 133 Å². The van der Waals surface area contributed by atoms with Gasteiger partial charge in [-0.3, -0.25) is 14.3 Å². The molecule has 1 unspecified atom stereocenters. The monoisotopic (exact) mass is 514 g/mol. The van der Waals surface area contributed by atoms with Crippen molar-refractivity contribution in [3.05, 3.63) is 40.7 Å². The Labute approximate surface area is 211 Å². The lowest BCUT2D eigenvalue weighted by molar-refractivity contribution is 0.0951. The van der Waals surface area contributed by atoms with Crippen LogP contribution in [0.2, 0.25) is 0 Å². The number of carbonyl (C=O) groups excluding carboxylic acids is 2. The summed E-state index contributed by atoms with van der Waals surface area (Å²) in [5.41, 5.74) is 6.19. The van der Waals surface area contributed by atoms with Gasteiger partial charge in [0.15, 0.2) is 28.9 Å². The molecule has 0 spiro atoms. The number of rotatable bonds is 9. The van der Waals surface area contributed by atoms with Crippen LogP contribution in [0.3, 0.4) is 0 Å². The summed E-state index contributed by atoms with van der Waals surface area (Å²) in [4.78, 5) is 30.8. The van der Waals surface area contributed by atoms with Crippen LogP contribution in [0.5, 0.6) is 11.5 Å². The second-order valence-electron chi connectivity index (χ2n) is 9.36. The third-order valence-corrected chi connectivity index (χ3v) is 6.89. The van der Waals surface area contributed by atoms with E-state index in [4.69, 9.17) is 15.2 Å². The van der Waals surface area contributed by atoms with E-state index in [2.05, 4.69) is 20.7 Å². The molecule has 1 aliphatic carbocycles. The predicted octanol–water partition coefficient (Wildman–Crippen LogP) is 2.41. The fourth-order valence-corrected chi connectivity index (χ4v) is 4.66. The van der Waals surface area contributed by atoms with Crippen LogP contribution in [-0.2, 0) is 6.42 Å². The molecule has 2 aliphatic rings. The molecule has 2 fully saturated rings. The average Bonchev–Trinajstić information content (AvgIpc) is 3.39. The van der Waals surface area contributed by atoms with Crippen molar-refractivity contribution in [2.24, 2.45) is 5.92 Å². The van der Waals surface area contributed by atoms with Crippen molar-refractivity contribution in [2.45, 2.75) is 31.7 Å². The van der Waals surface area contributed by atoms with E-state index < -0.39 is 29.4 Å². The molecular formula is C25H28F2N6O4. The summed E-state index contributed by atoms with van der Waals surface area (Å²) in [6, 6.07) is 0.927. The molecule has 10 nitrogen and oxygen atoms in total. The molecule has 5 rings (SSSR count). The van der Waals surface area contributed by atoms with E-state index in [0.29, 0.717) is 30.9 Å². The number of Topliss-reactive ketones (excluding diaryl/α,β-unsaturated/α-hetero) is 1. The Bertz CT molecular complexity index is 1350. The zero-order valence-corrected chi connectivity index (χ0v) is 20.6. The molecule has 2 aromatic heterocycles. The van der Waals surface area contributed by atoms with Gasteiger partial charge >= 0.3 is 0 Å². The van der Waals surface area contributed by atoms with Crippen molar-refractivity contribution in [3.63, 3.8) is 0 Å². The summed E-state index contributed by atoms with van der Waals surface area (Å²) in [7, 11) is 2.46. The van der Waals surface area contributed by atoms with Crippen LogP contribution in [0.1, 0.15) is 51.7 Å². The number of ether oxygens (including phenoxy) is 2. The summed E-state index contributed by atoms with van der Waals surface area (Å²) in [6.07, 6.45) is 3.56. The zero-order valence-electron chi connectivity index (χ0n) is 20.6. The highest BCUT2D eigenvalue weighted by Crippen LogP contribution is 2.35. The van der Waals surface area contributed by atoms with Crippen molar-refractivity contribution < 1.29 is 27.8 Å². The number of nitrogens with zero attached hydrogens (tertiary/aromatic N) is 3. The van der Waals surface area contributed by atoms with Crippen LogP contribution in [0.25, 0.3) is 10.9 Å². The molecule has 196 valence electrons. The quantitative estimate of drug-likeness (QED) is 0.371. The van der Waals surface area contributed by atoms with Gasteiger partial charge in [0.25, 0.3) is 5.91 Å². The number of benzene rings is 1. The van der Waals surface area contributed by atoms with Crippen LogP contribution >= 0.6 is 0 Å². The molecular weight excluding hydrogens is 486 g/mol. The average molecular weight is 515 g/mol. The minimum atomic E-state index is -1.01. The molecule has 0 bridgehead atoms. The van der Waals surface area contributed by atoms with Crippen LogP contribution in [0.4, 0.5) is 14.6 Å². The third kappa shape index (κ3) is 4.57. The van der Waals surface area contributed by atoms with Gasteiger partial charge in [-0.05, 0) is 31.7 Å². The molecule has 0 radical (unpaired) electrons. The highest BCUT2D eigenvalue weighted by atomic mass is 19.1. The van der Waals surface area contributed by atoms with Crippen LogP contribution in [0, 0.1) is 17.6 Å². The number of halogens is 2. The summed E-state index contributed by atoms with van der Waals surface area (Å²) >= 11 is 0. The van der Waals surface area contributed by atoms with Gasteiger partial charge in [-0.2, -0.15) is 5.10 Å². The first kappa shape index (κ1) is 24.9. The Kier molecular flexibility index (Phi) is 6.67. The fourth-order valence-electron chi connectivity index (χ4n) is 4.66. The summed E-state index contributed by atoms with van der Waals surface area (Å²) < 4.78 is 41.6.